The summed E-state index contributed by atoms with van der Waals surface area (Å²) >= 11 is 1.62. The van der Waals surface area contributed by atoms with E-state index >= 15 is 0 Å². The van der Waals surface area contributed by atoms with Gasteiger partial charge in [-0.05, 0) is 30.7 Å². The van der Waals surface area contributed by atoms with Gasteiger partial charge in [-0.15, -0.1) is 11.3 Å². The van der Waals surface area contributed by atoms with Crippen molar-refractivity contribution in [1.29, 1.82) is 0 Å². The van der Waals surface area contributed by atoms with Crippen LogP contribution in [0.1, 0.15) is 27.4 Å². The van der Waals surface area contributed by atoms with Crippen LogP contribution in [0.5, 0.6) is 0 Å². The Hall–Kier alpha value is -3.94. The molecule has 1 saturated heterocycles. The standard InChI is InChI=1S/C31H30N4O2S/c1-23-27(31(36)34-16-14-33(15-17-34)20-24-9-4-2-5-10-24)19-29(35(23)21-26-13-8-18-37-26)28-22-38-30(32-28)25-11-6-3-7-12-25/h2-13,18-19,22H,14-17,20-21H2,1H3. The van der Waals surface area contributed by atoms with E-state index in [-0.39, 0.29) is 5.91 Å². The summed E-state index contributed by atoms with van der Waals surface area (Å²) < 4.78 is 7.82. The molecule has 0 spiro atoms. The number of hydrogen-bond acceptors (Lipinski definition) is 5. The number of aromatic nitrogens is 2. The first kappa shape index (κ1) is 24.4. The summed E-state index contributed by atoms with van der Waals surface area (Å²) in [6.07, 6.45) is 1.69. The lowest BCUT2D eigenvalue weighted by molar-refractivity contribution is 0.0627. The number of carbonyl (C=O) groups excluding carboxylic acids is 1. The number of piperazine rings is 1. The lowest BCUT2D eigenvalue weighted by Crippen LogP contribution is -2.48. The fourth-order valence-corrected chi connectivity index (χ4v) is 5.88. The van der Waals surface area contributed by atoms with E-state index in [9.17, 15) is 4.79 Å². The maximum Gasteiger partial charge on any atom is 0.255 e. The Bertz CT molecular complexity index is 1500. The van der Waals surface area contributed by atoms with Crippen molar-refractivity contribution in [2.24, 2.45) is 0 Å². The number of furan rings is 1. The first-order chi connectivity index (χ1) is 18.7. The zero-order valence-electron chi connectivity index (χ0n) is 21.4. The molecule has 3 aromatic heterocycles. The van der Waals surface area contributed by atoms with Crippen LogP contribution in [-0.2, 0) is 13.1 Å². The first-order valence-electron chi connectivity index (χ1n) is 12.9. The van der Waals surface area contributed by atoms with E-state index in [2.05, 4.69) is 51.2 Å². The van der Waals surface area contributed by atoms with Gasteiger partial charge in [-0.1, -0.05) is 60.7 Å². The molecule has 0 aliphatic carbocycles. The number of amides is 1. The van der Waals surface area contributed by atoms with E-state index in [1.807, 2.05) is 54.3 Å². The van der Waals surface area contributed by atoms with Gasteiger partial charge in [0.25, 0.3) is 5.91 Å². The molecule has 6 rings (SSSR count). The van der Waals surface area contributed by atoms with Gasteiger partial charge < -0.3 is 13.9 Å². The first-order valence-corrected chi connectivity index (χ1v) is 13.8. The molecular formula is C31H30N4O2S. The van der Waals surface area contributed by atoms with Crippen LogP contribution >= 0.6 is 11.3 Å². The summed E-state index contributed by atoms with van der Waals surface area (Å²) in [5.74, 6) is 0.928. The number of rotatable bonds is 7. The van der Waals surface area contributed by atoms with Gasteiger partial charge in [0.2, 0.25) is 0 Å². The maximum absolute atomic E-state index is 13.8. The minimum Gasteiger partial charge on any atom is -0.467 e. The molecule has 2 aromatic carbocycles. The van der Waals surface area contributed by atoms with Crippen molar-refractivity contribution < 1.29 is 9.21 Å². The molecule has 0 radical (unpaired) electrons. The van der Waals surface area contributed by atoms with Crippen LogP contribution in [0, 0.1) is 6.92 Å². The van der Waals surface area contributed by atoms with Gasteiger partial charge in [0.1, 0.15) is 10.8 Å². The third-order valence-electron chi connectivity index (χ3n) is 7.19. The fraction of sp³-hybridized carbons (Fsp3) is 0.226. The summed E-state index contributed by atoms with van der Waals surface area (Å²) in [6, 6.07) is 26.6. The molecule has 1 amide bonds. The number of hydrogen-bond donors (Lipinski definition) is 0. The SMILES string of the molecule is Cc1c(C(=O)N2CCN(Cc3ccccc3)CC2)cc(-c2csc(-c3ccccc3)n2)n1Cc1ccco1. The van der Waals surface area contributed by atoms with Gasteiger partial charge in [0, 0.05) is 49.4 Å². The quantitative estimate of drug-likeness (QED) is 0.256. The van der Waals surface area contributed by atoms with E-state index in [0.29, 0.717) is 6.54 Å². The predicted octanol–water partition coefficient (Wildman–Crippen LogP) is 6.19. The molecule has 192 valence electrons. The van der Waals surface area contributed by atoms with Gasteiger partial charge in [0.15, 0.2) is 0 Å². The van der Waals surface area contributed by atoms with Crippen molar-refractivity contribution in [2.75, 3.05) is 26.2 Å². The Kier molecular flexibility index (Phi) is 6.94. The van der Waals surface area contributed by atoms with E-state index in [4.69, 9.17) is 9.40 Å². The smallest absolute Gasteiger partial charge is 0.255 e. The average Bonchev–Trinajstić information content (AvgIpc) is 3.72. The van der Waals surface area contributed by atoms with Gasteiger partial charge in [-0.2, -0.15) is 0 Å². The van der Waals surface area contributed by atoms with Crippen LogP contribution in [0.4, 0.5) is 0 Å². The van der Waals surface area contributed by atoms with Gasteiger partial charge in [0.05, 0.1) is 29.8 Å². The lowest BCUT2D eigenvalue weighted by Gasteiger charge is -2.34. The highest BCUT2D eigenvalue weighted by molar-refractivity contribution is 7.13. The highest BCUT2D eigenvalue weighted by atomic mass is 32.1. The molecule has 1 fully saturated rings. The number of nitrogens with zero attached hydrogens (tertiary/aromatic N) is 4. The second kappa shape index (κ2) is 10.8. The van der Waals surface area contributed by atoms with Gasteiger partial charge in [-0.3, -0.25) is 9.69 Å². The second-order valence-electron chi connectivity index (χ2n) is 9.65. The zero-order chi connectivity index (χ0) is 25.9. The molecule has 0 unspecified atom stereocenters. The summed E-state index contributed by atoms with van der Waals surface area (Å²) in [5.41, 5.74) is 5.87. The Morgan fingerprint density at radius 1 is 0.921 bits per heavy atom. The Labute approximate surface area is 226 Å². The van der Waals surface area contributed by atoms with Gasteiger partial charge >= 0.3 is 0 Å². The molecule has 5 aromatic rings. The summed E-state index contributed by atoms with van der Waals surface area (Å²) in [6.45, 7) is 6.66. The monoisotopic (exact) mass is 522 g/mol. The molecule has 0 N–H and O–H groups in total. The van der Waals surface area contributed by atoms with E-state index < -0.39 is 0 Å². The van der Waals surface area contributed by atoms with Crippen LogP contribution in [0.15, 0.2) is 94.9 Å². The number of thiazole rings is 1. The normalized spacial score (nSPS) is 14.2. The summed E-state index contributed by atoms with van der Waals surface area (Å²) in [5, 5.41) is 3.04. The van der Waals surface area contributed by atoms with E-state index in [1.54, 1.807) is 17.6 Å². The van der Waals surface area contributed by atoms with Gasteiger partial charge in [-0.25, -0.2) is 4.98 Å². The molecule has 6 nitrogen and oxygen atoms in total. The molecule has 0 atom stereocenters. The fourth-order valence-electron chi connectivity index (χ4n) is 5.06. The van der Waals surface area contributed by atoms with Crippen molar-refractivity contribution in [2.45, 2.75) is 20.0 Å². The molecule has 1 aliphatic rings. The van der Waals surface area contributed by atoms with Crippen molar-refractivity contribution >= 4 is 17.2 Å². The number of carbonyl (C=O) groups is 1. The van der Waals surface area contributed by atoms with Crippen molar-refractivity contribution in [3.05, 3.63) is 113 Å². The maximum atomic E-state index is 13.8. The van der Waals surface area contributed by atoms with Crippen molar-refractivity contribution in [3.8, 4) is 22.0 Å². The minimum absolute atomic E-state index is 0.0832. The molecule has 4 heterocycles. The summed E-state index contributed by atoms with van der Waals surface area (Å²) in [4.78, 5) is 23.1. The highest BCUT2D eigenvalue weighted by Gasteiger charge is 2.27. The minimum atomic E-state index is 0.0832. The molecule has 0 saturated carbocycles. The van der Waals surface area contributed by atoms with Crippen molar-refractivity contribution in [1.82, 2.24) is 19.4 Å². The largest absolute Gasteiger partial charge is 0.467 e. The average molecular weight is 523 g/mol. The lowest BCUT2D eigenvalue weighted by atomic mass is 10.1. The molecule has 0 bridgehead atoms. The van der Waals surface area contributed by atoms with Crippen LogP contribution in [0.3, 0.4) is 0 Å². The molecule has 1 aliphatic heterocycles. The Morgan fingerprint density at radius 3 is 2.37 bits per heavy atom. The predicted molar refractivity (Wildman–Crippen MR) is 151 cm³/mol. The molecule has 38 heavy (non-hydrogen) atoms. The number of benzene rings is 2. The van der Waals surface area contributed by atoms with Crippen LogP contribution in [0.25, 0.3) is 22.0 Å². The van der Waals surface area contributed by atoms with E-state index in [0.717, 1.165) is 71.7 Å². The topological polar surface area (TPSA) is 54.5 Å². The van der Waals surface area contributed by atoms with Crippen molar-refractivity contribution in [3.63, 3.8) is 0 Å². The van der Waals surface area contributed by atoms with Crippen LogP contribution < -0.4 is 0 Å². The summed E-state index contributed by atoms with van der Waals surface area (Å²) in [7, 11) is 0. The third-order valence-corrected chi connectivity index (χ3v) is 8.08. The third kappa shape index (κ3) is 5.08. The Morgan fingerprint density at radius 2 is 1.66 bits per heavy atom. The second-order valence-corrected chi connectivity index (χ2v) is 10.5. The molecule has 7 heteroatoms. The highest BCUT2D eigenvalue weighted by Crippen LogP contribution is 2.32. The van der Waals surface area contributed by atoms with Crippen LogP contribution in [-0.4, -0.2) is 51.4 Å². The molecular weight excluding hydrogens is 492 g/mol. The van der Waals surface area contributed by atoms with Crippen LogP contribution in [0.2, 0.25) is 0 Å². The van der Waals surface area contributed by atoms with E-state index in [1.165, 1.54) is 5.56 Å². The Balaban J connectivity index is 1.25. The zero-order valence-corrected chi connectivity index (χ0v) is 22.2.